The predicted molar refractivity (Wildman–Crippen MR) is 72.0 cm³/mol. The van der Waals surface area contributed by atoms with Gasteiger partial charge in [-0.1, -0.05) is 44.4 Å². The maximum atomic E-state index is 5.95. The van der Waals surface area contributed by atoms with Crippen LogP contribution in [0.4, 0.5) is 5.69 Å². The molecule has 1 aromatic carbocycles. The van der Waals surface area contributed by atoms with Crippen LogP contribution in [0, 0.1) is 5.92 Å². The van der Waals surface area contributed by atoms with Crippen LogP contribution < -0.4 is 11.1 Å². The van der Waals surface area contributed by atoms with Gasteiger partial charge >= 0.3 is 0 Å². The smallest absolute Gasteiger partial charge is 0.0426 e. The van der Waals surface area contributed by atoms with Gasteiger partial charge in [-0.25, -0.2) is 0 Å². The predicted octanol–water partition coefficient (Wildman–Crippen LogP) is 3.52. The van der Waals surface area contributed by atoms with Gasteiger partial charge in [0.05, 0.1) is 0 Å². The average Bonchev–Trinajstić information content (AvgIpc) is 2.29. The van der Waals surface area contributed by atoms with Crippen LogP contribution in [0.3, 0.4) is 0 Å². The quantitative estimate of drug-likeness (QED) is 0.799. The highest BCUT2D eigenvalue weighted by Crippen LogP contribution is 2.20. The van der Waals surface area contributed by atoms with Crippen molar-refractivity contribution in [3.05, 3.63) is 29.3 Å². The molecule has 90 valence electrons. The molecule has 0 radical (unpaired) electrons. The van der Waals surface area contributed by atoms with Crippen LogP contribution in [0.5, 0.6) is 0 Å². The van der Waals surface area contributed by atoms with Crippen molar-refractivity contribution in [2.45, 2.75) is 32.7 Å². The third kappa shape index (κ3) is 3.69. The van der Waals surface area contributed by atoms with Crippen molar-refractivity contribution in [1.29, 1.82) is 0 Å². The molecule has 0 fully saturated rings. The van der Waals surface area contributed by atoms with E-state index in [4.69, 9.17) is 17.3 Å². The molecule has 1 unspecified atom stereocenters. The van der Waals surface area contributed by atoms with Gasteiger partial charge in [-0.15, -0.1) is 0 Å². The summed E-state index contributed by atoms with van der Waals surface area (Å²) in [5, 5.41) is 4.22. The second-order valence-electron chi connectivity index (χ2n) is 4.07. The molecule has 0 saturated heterocycles. The van der Waals surface area contributed by atoms with Crippen LogP contribution in [-0.2, 0) is 0 Å². The number of hydrogen-bond donors (Lipinski definition) is 2. The Balaban J connectivity index is 2.69. The van der Waals surface area contributed by atoms with E-state index >= 15 is 0 Å². The molecule has 0 aliphatic heterocycles. The number of halogens is 1. The lowest BCUT2D eigenvalue weighted by atomic mass is 9.94. The van der Waals surface area contributed by atoms with Gasteiger partial charge in [-0.2, -0.15) is 0 Å². The van der Waals surface area contributed by atoms with E-state index in [0.29, 0.717) is 18.5 Å². The first kappa shape index (κ1) is 13.3. The Hall–Kier alpha value is -0.730. The lowest BCUT2D eigenvalue weighted by molar-refractivity contribution is 0.422. The van der Waals surface area contributed by atoms with Gasteiger partial charge in [-0.05, 0) is 24.1 Å². The summed E-state index contributed by atoms with van der Waals surface area (Å²) in [6, 6.07) is 8.11. The largest absolute Gasteiger partial charge is 0.381 e. The Morgan fingerprint density at radius 2 is 2.00 bits per heavy atom. The summed E-state index contributed by atoms with van der Waals surface area (Å²) in [5.74, 6) is 0.615. The van der Waals surface area contributed by atoms with Gasteiger partial charge in [0, 0.05) is 23.3 Å². The van der Waals surface area contributed by atoms with Crippen LogP contribution in [0.2, 0.25) is 5.02 Å². The maximum Gasteiger partial charge on any atom is 0.0426 e. The number of rotatable bonds is 6. The minimum atomic E-state index is 0.327. The van der Waals surface area contributed by atoms with Crippen molar-refractivity contribution in [3.63, 3.8) is 0 Å². The fourth-order valence-corrected chi connectivity index (χ4v) is 2.21. The molecule has 0 aliphatic rings. The fraction of sp³-hybridized carbons (Fsp3) is 0.538. The Morgan fingerprint density at radius 3 is 2.50 bits per heavy atom. The molecule has 1 rings (SSSR count). The van der Waals surface area contributed by atoms with Crippen LogP contribution in [0.15, 0.2) is 24.3 Å². The van der Waals surface area contributed by atoms with Crippen molar-refractivity contribution < 1.29 is 0 Å². The first-order valence-electron chi connectivity index (χ1n) is 5.93. The van der Waals surface area contributed by atoms with Gasteiger partial charge in [-0.3, -0.25) is 0 Å². The zero-order valence-electron chi connectivity index (χ0n) is 10.0. The first-order chi connectivity index (χ1) is 7.71. The number of hydrogen-bond acceptors (Lipinski definition) is 2. The van der Waals surface area contributed by atoms with Crippen molar-refractivity contribution in [3.8, 4) is 0 Å². The molecule has 1 aromatic rings. The maximum absolute atomic E-state index is 5.95. The highest BCUT2D eigenvalue weighted by Gasteiger charge is 2.16. The van der Waals surface area contributed by atoms with Gasteiger partial charge < -0.3 is 11.1 Å². The van der Waals surface area contributed by atoms with Gasteiger partial charge in [0.15, 0.2) is 0 Å². The molecule has 0 aromatic heterocycles. The zero-order chi connectivity index (χ0) is 12.0. The van der Waals surface area contributed by atoms with E-state index in [2.05, 4.69) is 19.2 Å². The van der Waals surface area contributed by atoms with E-state index in [9.17, 15) is 0 Å². The van der Waals surface area contributed by atoms with Crippen molar-refractivity contribution in [2.75, 3.05) is 11.9 Å². The Kier molecular flexibility index (Phi) is 5.64. The Morgan fingerprint density at radius 1 is 1.31 bits per heavy atom. The van der Waals surface area contributed by atoms with Crippen LogP contribution in [-0.4, -0.2) is 12.6 Å². The third-order valence-corrected chi connectivity index (χ3v) is 3.28. The minimum absolute atomic E-state index is 0.327. The second kappa shape index (κ2) is 6.77. The Labute approximate surface area is 103 Å². The van der Waals surface area contributed by atoms with Gasteiger partial charge in [0.1, 0.15) is 0 Å². The lowest BCUT2D eigenvalue weighted by Crippen LogP contribution is -2.35. The molecule has 3 heteroatoms. The summed E-state index contributed by atoms with van der Waals surface area (Å²) >= 11 is 5.95. The molecule has 2 nitrogen and oxygen atoms in total. The van der Waals surface area contributed by atoms with Crippen LogP contribution in [0.25, 0.3) is 0 Å². The molecule has 1 atom stereocenters. The summed E-state index contributed by atoms with van der Waals surface area (Å²) in [4.78, 5) is 0. The summed E-state index contributed by atoms with van der Waals surface area (Å²) in [5.41, 5.74) is 6.87. The van der Waals surface area contributed by atoms with Gasteiger partial charge in [0.25, 0.3) is 0 Å². The number of benzene rings is 1. The zero-order valence-corrected chi connectivity index (χ0v) is 10.8. The molecule has 0 spiro atoms. The third-order valence-electron chi connectivity index (χ3n) is 3.05. The SMILES string of the molecule is CCC(CC)C(CN)Nc1cccc(Cl)c1. The summed E-state index contributed by atoms with van der Waals surface area (Å²) in [6.45, 7) is 5.06. The number of anilines is 1. The fourth-order valence-electron chi connectivity index (χ4n) is 2.02. The van der Waals surface area contributed by atoms with Gasteiger partial charge in [0.2, 0.25) is 0 Å². The second-order valence-corrected chi connectivity index (χ2v) is 4.51. The van der Waals surface area contributed by atoms with Crippen LogP contribution >= 0.6 is 11.6 Å². The molecule has 0 aliphatic carbocycles. The minimum Gasteiger partial charge on any atom is -0.381 e. The van der Waals surface area contributed by atoms with E-state index in [-0.39, 0.29) is 0 Å². The van der Waals surface area contributed by atoms with E-state index in [1.807, 2.05) is 24.3 Å². The first-order valence-corrected chi connectivity index (χ1v) is 6.31. The van der Waals surface area contributed by atoms with E-state index in [1.165, 1.54) is 0 Å². The standard InChI is InChI=1S/C13H21ClN2/c1-3-10(4-2)13(9-15)16-12-7-5-6-11(14)8-12/h5-8,10,13,16H,3-4,9,15H2,1-2H3. The Bertz CT molecular complexity index is 311. The molecule has 0 saturated carbocycles. The lowest BCUT2D eigenvalue weighted by Gasteiger charge is -2.26. The normalized spacial score (nSPS) is 12.8. The molecule has 16 heavy (non-hydrogen) atoms. The topological polar surface area (TPSA) is 38.0 Å². The van der Waals surface area contributed by atoms with E-state index < -0.39 is 0 Å². The van der Waals surface area contributed by atoms with Crippen molar-refractivity contribution in [2.24, 2.45) is 11.7 Å². The molecular weight excluding hydrogens is 220 g/mol. The van der Waals surface area contributed by atoms with Crippen molar-refractivity contribution in [1.82, 2.24) is 0 Å². The molecular formula is C13H21ClN2. The molecule has 0 bridgehead atoms. The number of nitrogens with one attached hydrogen (secondary N) is 1. The van der Waals surface area contributed by atoms with Crippen LogP contribution in [0.1, 0.15) is 26.7 Å². The average molecular weight is 241 g/mol. The highest BCUT2D eigenvalue weighted by molar-refractivity contribution is 6.30. The molecule has 0 heterocycles. The molecule has 3 N–H and O–H groups in total. The van der Waals surface area contributed by atoms with E-state index in [0.717, 1.165) is 23.6 Å². The van der Waals surface area contributed by atoms with E-state index in [1.54, 1.807) is 0 Å². The molecule has 0 amide bonds. The summed E-state index contributed by atoms with van der Waals surface area (Å²) in [7, 11) is 0. The number of nitrogens with two attached hydrogens (primary N) is 1. The summed E-state index contributed by atoms with van der Waals surface area (Å²) < 4.78 is 0. The van der Waals surface area contributed by atoms with Crippen molar-refractivity contribution >= 4 is 17.3 Å². The summed E-state index contributed by atoms with van der Waals surface area (Å²) in [6.07, 6.45) is 2.29. The highest BCUT2D eigenvalue weighted by atomic mass is 35.5. The monoisotopic (exact) mass is 240 g/mol.